The van der Waals surface area contributed by atoms with E-state index in [9.17, 15) is 9.59 Å². The van der Waals surface area contributed by atoms with Gasteiger partial charge in [-0.3, -0.25) is 4.79 Å². The molecule has 0 aliphatic rings. The van der Waals surface area contributed by atoms with E-state index in [0.29, 0.717) is 26.2 Å². The van der Waals surface area contributed by atoms with Gasteiger partial charge in [-0.15, -0.1) is 0 Å². The highest BCUT2D eigenvalue weighted by molar-refractivity contribution is 5.83. The topological polar surface area (TPSA) is 110 Å². The molecule has 1 rings (SSSR count). The Hall–Kier alpha value is -2.01. The number of nitrogens with one attached hydrogen (secondary N) is 1. The van der Waals surface area contributed by atoms with Crippen LogP contribution < -0.4 is 5.32 Å². The first kappa shape index (κ1) is 35.0. The van der Waals surface area contributed by atoms with Crippen LogP contribution in [0, 0.1) is 5.41 Å². The molecule has 226 valence electrons. The lowest BCUT2D eigenvalue weighted by molar-refractivity contribution is -0.176. The third kappa shape index (κ3) is 13.8. The van der Waals surface area contributed by atoms with E-state index in [4.69, 9.17) is 23.7 Å². The summed E-state index contributed by atoms with van der Waals surface area (Å²) < 4.78 is 30.7. The van der Waals surface area contributed by atoms with E-state index < -0.39 is 22.6 Å². The van der Waals surface area contributed by atoms with E-state index in [2.05, 4.69) is 10.3 Å². The zero-order valence-corrected chi connectivity index (χ0v) is 25.9. The number of imidazole rings is 1. The summed E-state index contributed by atoms with van der Waals surface area (Å²) in [7, 11) is 1.69. The van der Waals surface area contributed by atoms with E-state index in [1.54, 1.807) is 40.4 Å². The van der Waals surface area contributed by atoms with Crippen molar-refractivity contribution in [2.75, 3.05) is 40.1 Å². The third-order valence-electron chi connectivity index (χ3n) is 6.65. The average Bonchev–Trinajstić information content (AvgIpc) is 3.36. The van der Waals surface area contributed by atoms with Crippen molar-refractivity contribution in [3.8, 4) is 0 Å². The molecule has 39 heavy (non-hydrogen) atoms. The second-order valence-electron chi connectivity index (χ2n) is 12.3. The van der Waals surface area contributed by atoms with Gasteiger partial charge in [-0.25, -0.2) is 9.78 Å². The highest BCUT2D eigenvalue weighted by atomic mass is 16.6. The van der Waals surface area contributed by atoms with Crippen molar-refractivity contribution in [3.05, 3.63) is 18.7 Å². The minimum absolute atomic E-state index is 0.0695. The van der Waals surface area contributed by atoms with Crippen LogP contribution in [-0.2, 0) is 39.8 Å². The molecular weight excluding hydrogens is 502 g/mol. The van der Waals surface area contributed by atoms with Gasteiger partial charge in [0.05, 0.1) is 43.5 Å². The number of nitrogens with zero attached hydrogens (tertiary/aromatic N) is 2. The molecule has 0 aromatic carbocycles. The van der Waals surface area contributed by atoms with Crippen molar-refractivity contribution < 1.29 is 33.3 Å². The molecule has 1 unspecified atom stereocenters. The van der Waals surface area contributed by atoms with E-state index in [1.165, 1.54) is 0 Å². The quantitative estimate of drug-likeness (QED) is 0.189. The number of carbonyl (C=O) groups excluding carboxylic acids is 2. The largest absolute Gasteiger partial charge is 0.462 e. The molecule has 0 saturated heterocycles. The molecule has 0 radical (unpaired) electrons. The van der Waals surface area contributed by atoms with Crippen molar-refractivity contribution in [1.82, 2.24) is 14.9 Å². The Morgan fingerprint density at radius 2 is 1.59 bits per heavy atom. The van der Waals surface area contributed by atoms with Gasteiger partial charge in [0.1, 0.15) is 12.0 Å². The molecule has 0 aliphatic carbocycles. The number of esters is 1. The lowest BCUT2D eigenvalue weighted by Gasteiger charge is -2.32. The summed E-state index contributed by atoms with van der Waals surface area (Å²) >= 11 is 0. The van der Waals surface area contributed by atoms with E-state index >= 15 is 0 Å². The number of hydrogen-bond acceptors (Lipinski definition) is 8. The van der Waals surface area contributed by atoms with Crippen molar-refractivity contribution in [1.29, 1.82) is 0 Å². The summed E-state index contributed by atoms with van der Waals surface area (Å²) in [6, 6.07) is 0. The lowest BCUT2D eigenvalue weighted by atomic mass is 9.91. The van der Waals surface area contributed by atoms with Crippen molar-refractivity contribution in [3.63, 3.8) is 0 Å². The number of carbonyl (C=O) groups is 2. The summed E-state index contributed by atoms with van der Waals surface area (Å²) in [5, 5.41) is 2.96. The highest BCUT2D eigenvalue weighted by Crippen LogP contribution is 2.23. The minimum atomic E-state index is -1.19. The Labute approximate surface area is 235 Å². The Kier molecular flexibility index (Phi) is 14.1. The van der Waals surface area contributed by atoms with Gasteiger partial charge >= 0.3 is 5.97 Å². The normalized spacial score (nSPS) is 14.3. The van der Waals surface area contributed by atoms with Gasteiger partial charge in [0, 0.05) is 32.6 Å². The number of aromatic nitrogens is 2. The van der Waals surface area contributed by atoms with Crippen LogP contribution in [-0.4, -0.2) is 84.4 Å². The smallest absolute Gasteiger partial charge is 0.337 e. The van der Waals surface area contributed by atoms with Crippen molar-refractivity contribution >= 4 is 11.9 Å². The van der Waals surface area contributed by atoms with Gasteiger partial charge < -0.3 is 33.6 Å². The van der Waals surface area contributed by atoms with E-state index in [-0.39, 0.29) is 30.8 Å². The van der Waals surface area contributed by atoms with Crippen LogP contribution in [0.15, 0.2) is 18.7 Å². The summed E-state index contributed by atoms with van der Waals surface area (Å²) in [4.78, 5) is 30.1. The zero-order valence-electron chi connectivity index (χ0n) is 25.9. The van der Waals surface area contributed by atoms with Gasteiger partial charge in [0.2, 0.25) is 5.91 Å². The molecule has 0 fully saturated rings. The molecule has 0 bridgehead atoms. The van der Waals surface area contributed by atoms with Crippen LogP contribution in [0.5, 0.6) is 0 Å². The molecule has 1 aromatic rings. The number of amides is 1. The number of ether oxygens (including phenoxy) is 5. The molecule has 1 aromatic heterocycles. The number of methoxy groups -OCH3 is 1. The summed E-state index contributed by atoms with van der Waals surface area (Å²) in [5.74, 6) is -0.761. The SMILES string of the molecule is COC(C)(C)CCOC(C)(C)CCOC(C)(C)C(=O)OCC(C)(COC(C)C)C(=O)NCCCn1ccnc1. The molecule has 10 heteroatoms. The maximum Gasteiger partial charge on any atom is 0.337 e. The first-order valence-electron chi connectivity index (χ1n) is 13.9. The molecule has 1 atom stereocenters. The number of aryl methyl sites for hydroxylation is 1. The van der Waals surface area contributed by atoms with Crippen LogP contribution in [0.3, 0.4) is 0 Å². The highest BCUT2D eigenvalue weighted by Gasteiger charge is 2.39. The fourth-order valence-corrected chi connectivity index (χ4v) is 3.38. The minimum Gasteiger partial charge on any atom is -0.462 e. The van der Waals surface area contributed by atoms with Gasteiger partial charge in [0.15, 0.2) is 5.60 Å². The number of hydrogen-bond donors (Lipinski definition) is 1. The molecule has 1 heterocycles. The molecule has 1 amide bonds. The Morgan fingerprint density at radius 1 is 0.949 bits per heavy atom. The zero-order chi connectivity index (χ0) is 29.7. The average molecular weight is 556 g/mol. The van der Waals surface area contributed by atoms with E-state index in [0.717, 1.165) is 19.4 Å². The molecule has 0 aliphatic heterocycles. The van der Waals surface area contributed by atoms with Gasteiger partial charge in [-0.05, 0) is 81.6 Å². The molecule has 0 saturated carbocycles. The van der Waals surface area contributed by atoms with Crippen molar-refractivity contribution in [2.24, 2.45) is 5.41 Å². The van der Waals surface area contributed by atoms with Crippen LogP contribution >= 0.6 is 0 Å². The van der Waals surface area contributed by atoms with Crippen LogP contribution in [0.25, 0.3) is 0 Å². The van der Waals surface area contributed by atoms with Gasteiger partial charge in [-0.1, -0.05) is 0 Å². The van der Waals surface area contributed by atoms with Crippen LogP contribution in [0.1, 0.15) is 81.6 Å². The predicted octanol–water partition coefficient (Wildman–Crippen LogP) is 4.16. The Bertz CT molecular complexity index is 853. The Balaban J connectivity index is 2.58. The van der Waals surface area contributed by atoms with Crippen molar-refractivity contribution in [2.45, 2.75) is 111 Å². The Morgan fingerprint density at radius 3 is 2.18 bits per heavy atom. The summed E-state index contributed by atoms with van der Waals surface area (Å²) in [6.07, 6.45) is 7.38. The van der Waals surface area contributed by atoms with Crippen LogP contribution in [0.4, 0.5) is 0 Å². The molecule has 10 nitrogen and oxygen atoms in total. The maximum atomic E-state index is 13.1. The fraction of sp³-hybridized carbons (Fsp3) is 0.828. The standard InChI is InChI=1S/C29H53N3O7/c1-23(2)36-20-29(9,24(33)31-14-11-16-32-17-15-30-22-32)21-37-25(34)28(7,8)39-19-13-27(5,6)38-18-12-26(3,4)35-10/h15,17,22-23H,11-14,16,18-21H2,1-10H3,(H,31,33). The van der Waals surface area contributed by atoms with E-state index in [1.807, 2.05) is 52.3 Å². The fourth-order valence-electron chi connectivity index (χ4n) is 3.38. The lowest BCUT2D eigenvalue weighted by Crippen LogP contribution is -2.48. The van der Waals surface area contributed by atoms with Gasteiger partial charge in [0.25, 0.3) is 0 Å². The molecule has 0 spiro atoms. The predicted molar refractivity (Wildman–Crippen MR) is 150 cm³/mol. The first-order chi connectivity index (χ1) is 18.0. The second-order valence-corrected chi connectivity index (χ2v) is 12.3. The maximum absolute atomic E-state index is 13.1. The second kappa shape index (κ2) is 15.7. The summed E-state index contributed by atoms with van der Waals surface area (Å²) in [5.41, 5.74) is -2.90. The third-order valence-corrected chi connectivity index (χ3v) is 6.65. The monoisotopic (exact) mass is 555 g/mol. The molecular formula is C29H53N3O7. The number of rotatable bonds is 20. The van der Waals surface area contributed by atoms with Crippen LogP contribution in [0.2, 0.25) is 0 Å². The molecule has 1 N–H and O–H groups in total. The summed E-state index contributed by atoms with van der Waals surface area (Å²) in [6.45, 7) is 19.0. The van der Waals surface area contributed by atoms with Gasteiger partial charge in [-0.2, -0.15) is 0 Å². The first-order valence-corrected chi connectivity index (χ1v) is 13.9.